The first-order valence-electron chi connectivity index (χ1n) is 6.97. The molecule has 1 aliphatic carbocycles. The van der Waals surface area contributed by atoms with Gasteiger partial charge in [0, 0.05) is 18.8 Å². The largest absolute Gasteiger partial charge is 0.481 e. The Balaban J connectivity index is 1.84. The number of alkyl halides is 3. The van der Waals surface area contributed by atoms with E-state index in [0.717, 1.165) is 0 Å². The monoisotopic (exact) mass is 306 g/mol. The van der Waals surface area contributed by atoms with Gasteiger partial charge in [-0.15, -0.1) is 10.2 Å². The maximum Gasteiger partial charge on any atom is 0.391 e. The highest BCUT2D eigenvalue weighted by atomic mass is 19.4. The standard InChI is InChI=1S/C13H17F3N2O3/c14-13(15,16)9-6-4-8(5-7-9)12-18-17-10(21-12)2-1-3-11(19)20/h8-9H,1-7H2,(H,19,20). The molecule has 1 aromatic rings. The zero-order chi connectivity index (χ0) is 15.5. The number of hydrogen-bond acceptors (Lipinski definition) is 4. The van der Waals surface area contributed by atoms with Gasteiger partial charge >= 0.3 is 12.1 Å². The molecule has 8 heteroatoms. The van der Waals surface area contributed by atoms with Gasteiger partial charge < -0.3 is 9.52 Å². The van der Waals surface area contributed by atoms with Crippen LogP contribution in [0.1, 0.15) is 56.2 Å². The number of carbonyl (C=O) groups is 1. The lowest BCUT2D eigenvalue weighted by atomic mass is 9.81. The molecular weight excluding hydrogens is 289 g/mol. The van der Waals surface area contributed by atoms with E-state index in [0.29, 0.717) is 37.5 Å². The van der Waals surface area contributed by atoms with Crippen molar-refractivity contribution in [2.75, 3.05) is 0 Å². The fourth-order valence-electron chi connectivity index (χ4n) is 2.59. The molecule has 0 unspecified atom stereocenters. The second-order valence-corrected chi connectivity index (χ2v) is 5.37. The molecule has 0 amide bonds. The van der Waals surface area contributed by atoms with Crippen molar-refractivity contribution >= 4 is 5.97 Å². The average molecular weight is 306 g/mol. The Hall–Kier alpha value is -1.60. The number of aromatic nitrogens is 2. The minimum absolute atomic E-state index is 0.0222. The molecule has 1 aliphatic rings. The second kappa shape index (κ2) is 6.44. The summed E-state index contributed by atoms with van der Waals surface area (Å²) in [5, 5.41) is 16.2. The first kappa shape index (κ1) is 15.8. The zero-order valence-electron chi connectivity index (χ0n) is 11.4. The smallest absolute Gasteiger partial charge is 0.391 e. The van der Waals surface area contributed by atoms with Gasteiger partial charge in [0.1, 0.15) is 0 Å². The van der Waals surface area contributed by atoms with Crippen LogP contribution >= 0.6 is 0 Å². The molecule has 1 aromatic heterocycles. The predicted molar refractivity (Wildman–Crippen MR) is 65.6 cm³/mol. The third-order valence-electron chi connectivity index (χ3n) is 3.80. The minimum Gasteiger partial charge on any atom is -0.481 e. The van der Waals surface area contributed by atoms with E-state index in [1.807, 2.05) is 0 Å². The van der Waals surface area contributed by atoms with Gasteiger partial charge in [0.05, 0.1) is 5.92 Å². The lowest BCUT2D eigenvalue weighted by molar-refractivity contribution is -0.182. The Labute approximate surface area is 119 Å². The van der Waals surface area contributed by atoms with Gasteiger partial charge in [0.15, 0.2) is 0 Å². The lowest BCUT2D eigenvalue weighted by Gasteiger charge is -2.27. The van der Waals surface area contributed by atoms with E-state index in [1.54, 1.807) is 0 Å². The van der Waals surface area contributed by atoms with Crippen molar-refractivity contribution in [2.24, 2.45) is 5.92 Å². The second-order valence-electron chi connectivity index (χ2n) is 5.37. The number of hydrogen-bond donors (Lipinski definition) is 1. The average Bonchev–Trinajstić information content (AvgIpc) is 2.86. The van der Waals surface area contributed by atoms with E-state index in [4.69, 9.17) is 9.52 Å². The Morgan fingerprint density at radius 2 is 1.90 bits per heavy atom. The molecule has 5 nitrogen and oxygen atoms in total. The number of nitrogens with zero attached hydrogens (tertiary/aromatic N) is 2. The summed E-state index contributed by atoms with van der Waals surface area (Å²) >= 11 is 0. The van der Waals surface area contributed by atoms with Crippen molar-refractivity contribution in [3.8, 4) is 0 Å². The van der Waals surface area contributed by atoms with Gasteiger partial charge in [-0.3, -0.25) is 4.79 Å². The highest BCUT2D eigenvalue weighted by molar-refractivity contribution is 5.66. The molecule has 118 valence electrons. The van der Waals surface area contributed by atoms with Crippen LogP contribution in [0.4, 0.5) is 13.2 Å². The summed E-state index contributed by atoms with van der Waals surface area (Å²) < 4.78 is 43.2. The summed E-state index contributed by atoms with van der Waals surface area (Å²) in [6, 6.07) is 0. The van der Waals surface area contributed by atoms with E-state index in [2.05, 4.69) is 10.2 Å². The summed E-state index contributed by atoms with van der Waals surface area (Å²) in [5.74, 6) is -1.51. The number of rotatable bonds is 5. The molecule has 0 radical (unpaired) electrons. The summed E-state index contributed by atoms with van der Waals surface area (Å²) in [4.78, 5) is 10.4. The fraction of sp³-hybridized carbons (Fsp3) is 0.769. The Morgan fingerprint density at radius 1 is 1.24 bits per heavy atom. The first-order chi connectivity index (χ1) is 9.86. The van der Waals surface area contributed by atoms with Gasteiger partial charge in [-0.05, 0) is 32.1 Å². The summed E-state index contributed by atoms with van der Waals surface area (Å²) in [6.07, 6.45) is -2.37. The van der Waals surface area contributed by atoms with Crippen LogP contribution in [0, 0.1) is 5.92 Å². The molecule has 0 atom stereocenters. The van der Waals surface area contributed by atoms with Crippen LogP contribution < -0.4 is 0 Å². The van der Waals surface area contributed by atoms with Gasteiger partial charge in [0.25, 0.3) is 0 Å². The summed E-state index contributed by atoms with van der Waals surface area (Å²) in [5.41, 5.74) is 0. The van der Waals surface area contributed by atoms with Crippen LogP contribution in [0.3, 0.4) is 0 Å². The maximum atomic E-state index is 12.6. The van der Waals surface area contributed by atoms with E-state index >= 15 is 0 Å². The molecule has 1 heterocycles. The third-order valence-corrected chi connectivity index (χ3v) is 3.80. The van der Waals surface area contributed by atoms with Crippen molar-refractivity contribution in [3.63, 3.8) is 0 Å². The molecular formula is C13H17F3N2O3. The topological polar surface area (TPSA) is 76.2 Å². The van der Waals surface area contributed by atoms with Crippen LogP contribution in [0.2, 0.25) is 0 Å². The molecule has 0 bridgehead atoms. The molecule has 0 spiro atoms. The van der Waals surface area contributed by atoms with Gasteiger partial charge in [-0.1, -0.05) is 0 Å². The molecule has 0 saturated heterocycles. The molecule has 0 aromatic carbocycles. The van der Waals surface area contributed by atoms with Crippen molar-refractivity contribution in [2.45, 2.75) is 57.0 Å². The molecule has 1 fully saturated rings. The number of aryl methyl sites for hydroxylation is 1. The molecule has 1 saturated carbocycles. The number of carboxylic acid groups (broad SMARTS) is 1. The highest BCUT2D eigenvalue weighted by Crippen LogP contribution is 2.42. The minimum atomic E-state index is -4.12. The van der Waals surface area contributed by atoms with Crippen molar-refractivity contribution in [1.82, 2.24) is 10.2 Å². The van der Waals surface area contributed by atoms with Gasteiger partial charge in [-0.2, -0.15) is 13.2 Å². The predicted octanol–water partition coefficient (Wildman–Crippen LogP) is 3.31. The maximum absolute atomic E-state index is 12.6. The van der Waals surface area contributed by atoms with Crippen LogP contribution in [-0.4, -0.2) is 27.4 Å². The quantitative estimate of drug-likeness (QED) is 0.903. The number of aliphatic carboxylic acids is 1. The van der Waals surface area contributed by atoms with E-state index in [1.165, 1.54) is 0 Å². The summed E-state index contributed by atoms with van der Waals surface area (Å²) in [7, 11) is 0. The first-order valence-corrected chi connectivity index (χ1v) is 6.97. The van der Waals surface area contributed by atoms with Crippen molar-refractivity contribution < 1.29 is 27.5 Å². The molecule has 0 aliphatic heterocycles. The third kappa shape index (κ3) is 4.44. The van der Waals surface area contributed by atoms with Crippen LogP contribution in [0.15, 0.2) is 4.42 Å². The fourth-order valence-corrected chi connectivity index (χ4v) is 2.59. The van der Waals surface area contributed by atoms with E-state index in [-0.39, 0.29) is 25.2 Å². The highest BCUT2D eigenvalue weighted by Gasteiger charge is 2.42. The molecule has 21 heavy (non-hydrogen) atoms. The Bertz CT molecular complexity index is 479. The van der Waals surface area contributed by atoms with Gasteiger partial charge in [0.2, 0.25) is 11.8 Å². The van der Waals surface area contributed by atoms with Crippen molar-refractivity contribution in [3.05, 3.63) is 11.8 Å². The number of carboxylic acids is 1. The normalized spacial score (nSPS) is 23.2. The van der Waals surface area contributed by atoms with E-state index < -0.39 is 18.1 Å². The van der Waals surface area contributed by atoms with Crippen LogP contribution in [-0.2, 0) is 11.2 Å². The lowest BCUT2D eigenvalue weighted by Crippen LogP contribution is -2.27. The summed E-state index contributed by atoms with van der Waals surface area (Å²) in [6.45, 7) is 0. The van der Waals surface area contributed by atoms with Crippen LogP contribution in [0.5, 0.6) is 0 Å². The van der Waals surface area contributed by atoms with Gasteiger partial charge in [-0.25, -0.2) is 0 Å². The molecule has 2 rings (SSSR count). The Morgan fingerprint density at radius 3 is 2.48 bits per heavy atom. The van der Waals surface area contributed by atoms with Crippen LogP contribution in [0.25, 0.3) is 0 Å². The van der Waals surface area contributed by atoms with E-state index in [9.17, 15) is 18.0 Å². The Kier molecular flexibility index (Phi) is 4.84. The SMILES string of the molecule is O=C(O)CCCc1nnc(C2CCC(C(F)(F)F)CC2)o1. The van der Waals surface area contributed by atoms with Crippen molar-refractivity contribution in [1.29, 1.82) is 0 Å². The molecule has 1 N–H and O–H groups in total. The zero-order valence-corrected chi connectivity index (χ0v) is 11.4. The number of halogens is 3.